The lowest BCUT2D eigenvalue weighted by Gasteiger charge is -2.26. The van der Waals surface area contributed by atoms with Crippen molar-refractivity contribution in [1.82, 2.24) is 10.2 Å². The second-order valence-electron chi connectivity index (χ2n) is 4.27. The van der Waals surface area contributed by atoms with Crippen molar-refractivity contribution < 1.29 is 9.53 Å². The number of benzene rings is 1. The molecule has 1 amide bonds. The normalized spacial score (nSPS) is 16.3. The summed E-state index contributed by atoms with van der Waals surface area (Å²) in [5.74, 6) is 0.688. The zero-order valence-corrected chi connectivity index (χ0v) is 10.6. The van der Waals surface area contributed by atoms with Crippen LogP contribution in [0.2, 0.25) is 0 Å². The van der Waals surface area contributed by atoms with Crippen LogP contribution >= 0.6 is 0 Å². The molecule has 0 aromatic heterocycles. The molecule has 0 radical (unpaired) electrons. The molecule has 0 unspecified atom stereocenters. The Morgan fingerprint density at radius 3 is 2.83 bits per heavy atom. The van der Waals surface area contributed by atoms with E-state index in [1.165, 1.54) is 0 Å². The number of anilines is 1. The standard InChI is InChI=1S/C13H19N3O2/c1-18-12-5-3-2-4-11(12)15-13(17)10-16-8-6-14-7-9-16/h2-5,14H,6-10H2,1H3,(H,15,17). The molecule has 2 N–H and O–H groups in total. The number of amides is 1. The predicted molar refractivity (Wildman–Crippen MR) is 70.9 cm³/mol. The first-order valence-electron chi connectivity index (χ1n) is 6.15. The Balaban J connectivity index is 1.90. The van der Waals surface area contributed by atoms with E-state index in [1.807, 2.05) is 24.3 Å². The number of ether oxygens (including phenoxy) is 1. The zero-order chi connectivity index (χ0) is 12.8. The van der Waals surface area contributed by atoms with E-state index in [-0.39, 0.29) is 5.91 Å². The van der Waals surface area contributed by atoms with Crippen LogP contribution in [0.15, 0.2) is 24.3 Å². The fraction of sp³-hybridized carbons (Fsp3) is 0.462. The van der Waals surface area contributed by atoms with Gasteiger partial charge in [0, 0.05) is 26.2 Å². The molecule has 5 heteroatoms. The molecule has 1 saturated heterocycles. The van der Waals surface area contributed by atoms with Crippen LogP contribution in [0.25, 0.3) is 0 Å². The number of methoxy groups -OCH3 is 1. The molecular weight excluding hydrogens is 230 g/mol. The lowest BCUT2D eigenvalue weighted by molar-refractivity contribution is -0.117. The quantitative estimate of drug-likeness (QED) is 0.818. The SMILES string of the molecule is COc1ccccc1NC(=O)CN1CCNCC1. The summed E-state index contributed by atoms with van der Waals surface area (Å²) in [4.78, 5) is 14.1. The Labute approximate surface area is 107 Å². The summed E-state index contributed by atoms with van der Waals surface area (Å²) in [6, 6.07) is 7.43. The van der Waals surface area contributed by atoms with Gasteiger partial charge in [-0.1, -0.05) is 12.1 Å². The molecule has 18 heavy (non-hydrogen) atoms. The first-order chi connectivity index (χ1) is 8.79. The van der Waals surface area contributed by atoms with Gasteiger partial charge in [-0.05, 0) is 12.1 Å². The van der Waals surface area contributed by atoms with Crippen molar-refractivity contribution in [3.63, 3.8) is 0 Å². The van der Waals surface area contributed by atoms with Gasteiger partial charge in [0.05, 0.1) is 19.3 Å². The van der Waals surface area contributed by atoms with Crippen LogP contribution in [0.3, 0.4) is 0 Å². The molecule has 1 aliphatic heterocycles. The van der Waals surface area contributed by atoms with Gasteiger partial charge >= 0.3 is 0 Å². The molecule has 0 bridgehead atoms. The maximum atomic E-state index is 11.9. The highest BCUT2D eigenvalue weighted by Crippen LogP contribution is 2.22. The highest BCUT2D eigenvalue weighted by molar-refractivity contribution is 5.93. The van der Waals surface area contributed by atoms with E-state index in [2.05, 4.69) is 15.5 Å². The summed E-state index contributed by atoms with van der Waals surface area (Å²) >= 11 is 0. The van der Waals surface area contributed by atoms with Crippen molar-refractivity contribution in [1.29, 1.82) is 0 Å². The van der Waals surface area contributed by atoms with Crippen molar-refractivity contribution >= 4 is 11.6 Å². The maximum absolute atomic E-state index is 11.9. The monoisotopic (exact) mass is 249 g/mol. The maximum Gasteiger partial charge on any atom is 0.238 e. The van der Waals surface area contributed by atoms with Crippen molar-refractivity contribution in [2.75, 3.05) is 45.2 Å². The number of rotatable bonds is 4. The van der Waals surface area contributed by atoms with Crippen LogP contribution in [0.1, 0.15) is 0 Å². The van der Waals surface area contributed by atoms with Gasteiger partial charge in [-0.15, -0.1) is 0 Å². The third kappa shape index (κ3) is 3.45. The number of hydrogen-bond donors (Lipinski definition) is 2. The van der Waals surface area contributed by atoms with Gasteiger partial charge in [0.25, 0.3) is 0 Å². The first kappa shape index (κ1) is 12.9. The molecule has 2 rings (SSSR count). The number of para-hydroxylation sites is 2. The van der Waals surface area contributed by atoms with Crippen LogP contribution in [0, 0.1) is 0 Å². The number of carbonyl (C=O) groups is 1. The fourth-order valence-electron chi connectivity index (χ4n) is 2.01. The Morgan fingerprint density at radius 2 is 2.11 bits per heavy atom. The van der Waals surface area contributed by atoms with Crippen molar-refractivity contribution in [2.45, 2.75) is 0 Å². The van der Waals surface area contributed by atoms with Gasteiger partial charge in [-0.3, -0.25) is 9.69 Å². The topological polar surface area (TPSA) is 53.6 Å². The van der Waals surface area contributed by atoms with Crippen LogP contribution in [0.4, 0.5) is 5.69 Å². The minimum Gasteiger partial charge on any atom is -0.495 e. The first-order valence-corrected chi connectivity index (χ1v) is 6.15. The van der Waals surface area contributed by atoms with E-state index in [4.69, 9.17) is 4.74 Å². The van der Waals surface area contributed by atoms with Gasteiger partial charge in [0.1, 0.15) is 5.75 Å². The molecule has 0 aliphatic carbocycles. The van der Waals surface area contributed by atoms with Gasteiger partial charge in [0.2, 0.25) is 5.91 Å². The fourth-order valence-corrected chi connectivity index (χ4v) is 2.01. The van der Waals surface area contributed by atoms with E-state index >= 15 is 0 Å². The van der Waals surface area contributed by atoms with E-state index < -0.39 is 0 Å². The Morgan fingerprint density at radius 1 is 1.39 bits per heavy atom. The smallest absolute Gasteiger partial charge is 0.238 e. The van der Waals surface area contributed by atoms with Gasteiger partial charge in [0.15, 0.2) is 0 Å². The number of piperazine rings is 1. The summed E-state index contributed by atoms with van der Waals surface area (Å²) < 4.78 is 5.20. The van der Waals surface area contributed by atoms with E-state index in [9.17, 15) is 4.79 Å². The van der Waals surface area contributed by atoms with Crippen LogP contribution in [-0.2, 0) is 4.79 Å². The summed E-state index contributed by atoms with van der Waals surface area (Å²) in [6.45, 7) is 4.16. The Bertz CT molecular complexity index is 403. The number of hydrogen-bond acceptors (Lipinski definition) is 4. The largest absolute Gasteiger partial charge is 0.495 e. The second kappa shape index (κ2) is 6.37. The van der Waals surface area contributed by atoms with E-state index in [0.29, 0.717) is 12.3 Å². The van der Waals surface area contributed by atoms with Crippen LogP contribution in [-0.4, -0.2) is 50.6 Å². The lowest BCUT2D eigenvalue weighted by Crippen LogP contribution is -2.46. The number of nitrogens with one attached hydrogen (secondary N) is 2. The minimum absolute atomic E-state index is 0.00130. The summed E-state index contributed by atoms with van der Waals surface area (Å²) in [5, 5.41) is 6.15. The molecule has 1 aromatic rings. The highest BCUT2D eigenvalue weighted by atomic mass is 16.5. The third-order valence-electron chi connectivity index (χ3n) is 2.96. The molecular formula is C13H19N3O2. The molecule has 98 valence electrons. The predicted octanol–water partition coefficient (Wildman–Crippen LogP) is 0.539. The van der Waals surface area contributed by atoms with Crippen LogP contribution < -0.4 is 15.4 Å². The average Bonchev–Trinajstić information content (AvgIpc) is 2.40. The molecule has 1 aliphatic rings. The average molecular weight is 249 g/mol. The summed E-state index contributed by atoms with van der Waals surface area (Å²) in [6.07, 6.45) is 0. The van der Waals surface area contributed by atoms with E-state index in [0.717, 1.165) is 31.9 Å². The minimum atomic E-state index is 0.00130. The number of carbonyl (C=O) groups excluding carboxylic acids is 1. The van der Waals surface area contributed by atoms with Crippen molar-refractivity contribution in [2.24, 2.45) is 0 Å². The molecule has 0 atom stereocenters. The highest BCUT2D eigenvalue weighted by Gasteiger charge is 2.14. The molecule has 5 nitrogen and oxygen atoms in total. The number of nitrogens with zero attached hydrogens (tertiary/aromatic N) is 1. The second-order valence-corrected chi connectivity index (χ2v) is 4.27. The van der Waals surface area contributed by atoms with Crippen LogP contribution in [0.5, 0.6) is 5.75 Å². The zero-order valence-electron chi connectivity index (χ0n) is 10.6. The van der Waals surface area contributed by atoms with Crippen molar-refractivity contribution in [3.05, 3.63) is 24.3 Å². The summed E-state index contributed by atoms with van der Waals surface area (Å²) in [5.41, 5.74) is 0.722. The van der Waals surface area contributed by atoms with E-state index in [1.54, 1.807) is 7.11 Å². The van der Waals surface area contributed by atoms with Gasteiger partial charge in [-0.2, -0.15) is 0 Å². The molecule has 0 saturated carbocycles. The molecule has 1 aromatic carbocycles. The summed E-state index contributed by atoms with van der Waals surface area (Å²) in [7, 11) is 1.60. The Hall–Kier alpha value is -1.59. The molecule has 0 spiro atoms. The van der Waals surface area contributed by atoms with Gasteiger partial charge < -0.3 is 15.4 Å². The van der Waals surface area contributed by atoms with Gasteiger partial charge in [-0.25, -0.2) is 0 Å². The third-order valence-corrected chi connectivity index (χ3v) is 2.96. The molecule has 1 heterocycles. The van der Waals surface area contributed by atoms with Crippen molar-refractivity contribution in [3.8, 4) is 5.75 Å². The molecule has 1 fully saturated rings. The lowest BCUT2D eigenvalue weighted by atomic mass is 10.3. The Kier molecular flexibility index (Phi) is 4.55.